The van der Waals surface area contributed by atoms with Crippen molar-refractivity contribution < 1.29 is 24.3 Å². The highest BCUT2D eigenvalue weighted by molar-refractivity contribution is 5.73. The van der Waals surface area contributed by atoms with E-state index in [-0.39, 0.29) is 5.91 Å². The molecular weight excluding hydrogens is 296 g/mol. The zero-order valence-corrected chi connectivity index (χ0v) is 14.0. The number of carbonyl (C=O) groups is 1. The first-order valence-electron chi connectivity index (χ1n) is 8.06. The van der Waals surface area contributed by atoms with Crippen LogP contribution in [0.4, 0.5) is 0 Å². The maximum atomic E-state index is 11.3. The quantitative estimate of drug-likeness (QED) is 0.698. The molecule has 2 N–H and O–H groups in total. The van der Waals surface area contributed by atoms with E-state index in [1.807, 2.05) is 29.2 Å². The molecule has 128 valence electrons. The minimum Gasteiger partial charge on any atom is -0.497 e. The number of rotatable bonds is 7. The maximum Gasteiger partial charge on any atom is 0.219 e. The van der Waals surface area contributed by atoms with E-state index in [0.29, 0.717) is 19.8 Å². The van der Waals surface area contributed by atoms with E-state index in [0.717, 1.165) is 37.5 Å². The number of ether oxygens (including phenoxy) is 2. The topological polar surface area (TPSA) is 63.4 Å². The number of nitrogens with one attached hydrogen (secondary N) is 1. The van der Waals surface area contributed by atoms with Gasteiger partial charge in [0, 0.05) is 6.92 Å². The van der Waals surface area contributed by atoms with Crippen molar-refractivity contribution in [1.82, 2.24) is 4.90 Å². The Balaban J connectivity index is 1.63. The van der Waals surface area contributed by atoms with Crippen LogP contribution in [0, 0.1) is 0 Å². The largest absolute Gasteiger partial charge is 0.497 e. The van der Waals surface area contributed by atoms with E-state index in [2.05, 4.69) is 0 Å². The third-order valence-corrected chi connectivity index (χ3v) is 4.18. The van der Waals surface area contributed by atoms with Crippen LogP contribution in [0.15, 0.2) is 24.3 Å². The summed E-state index contributed by atoms with van der Waals surface area (Å²) in [6.07, 6.45) is -0.480. The normalized spacial score (nSPS) is 17.1. The van der Waals surface area contributed by atoms with Crippen LogP contribution in [0.5, 0.6) is 5.75 Å². The first kappa shape index (κ1) is 17.7. The van der Waals surface area contributed by atoms with Gasteiger partial charge in [0.05, 0.1) is 46.5 Å². The molecule has 0 aliphatic carbocycles. The van der Waals surface area contributed by atoms with Crippen molar-refractivity contribution in [2.45, 2.75) is 19.6 Å². The lowest BCUT2D eigenvalue weighted by Crippen LogP contribution is -3.15. The molecule has 0 radical (unpaired) electrons. The Bertz CT molecular complexity index is 484. The van der Waals surface area contributed by atoms with Crippen molar-refractivity contribution in [3.05, 3.63) is 29.8 Å². The highest BCUT2D eigenvalue weighted by Gasteiger charge is 2.23. The van der Waals surface area contributed by atoms with Gasteiger partial charge in [-0.25, -0.2) is 0 Å². The summed E-state index contributed by atoms with van der Waals surface area (Å²) < 4.78 is 10.7. The van der Waals surface area contributed by atoms with Crippen LogP contribution >= 0.6 is 0 Å². The van der Waals surface area contributed by atoms with E-state index in [4.69, 9.17) is 9.47 Å². The molecule has 1 aromatic carbocycles. The first-order chi connectivity index (χ1) is 11.1. The number of aliphatic hydroxyl groups excluding tert-OH is 1. The molecule has 1 fully saturated rings. The van der Waals surface area contributed by atoms with Gasteiger partial charge in [-0.05, 0) is 17.7 Å². The maximum absolute atomic E-state index is 11.3. The third-order valence-electron chi connectivity index (χ3n) is 4.18. The van der Waals surface area contributed by atoms with Gasteiger partial charge in [0.1, 0.15) is 18.4 Å². The molecular formula is C17H27N2O4+. The fourth-order valence-electron chi connectivity index (χ4n) is 2.77. The monoisotopic (exact) mass is 323 g/mol. The molecule has 0 aromatic heterocycles. The van der Waals surface area contributed by atoms with Crippen molar-refractivity contribution in [2.75, 3.05) is 46.4 Å². The Morgan fingerprint density at radius 3 is 2.52 bits per heavy atom. The van der Waals surface area contributed by atoms with E-state index < -0.39 is 6.10 Å². The number of hydrogen-bond donors (Lipinski definition) is 2. The highest BCUT2D eigenvalue weighted by Crippen LogP contribution is 2.11. The average molecular weight is 323 g/mol. The van der Waals surface area contributed by atoms with Gasteiger partial charge in [-0.15, -0.1) is 0 Å². The SMILES string of the molecule is COc1ccc(COC[C@H](O)C[NH+]2CCN(C(C)=O)CC2)cc1. The smallest absolute Gasteiger partial charge is 0.219 e. The van der Waals surface area contributed by atoms with Gasteiger partial charge < -0.3 is 24.4 Å². The Morgan fingerprint density at radius 2 is 1.96 bits per heavy atom. The van der Waals surface area contributed by atoms with Gasteiger partial charge in [0.25, 0.3) is 0 Å². The number of benzene rings is 1. The molecule has 23 heavy (non-hydrogen) atoms. The standard InChI is InChI=1S/C17H26N2O4/c1-14(20)19-9-7-18(8-10-19)11-16(21)13-23-12-15-3-5-17(22-2)6-4-15/h3-6,16,21H,7-13H2,1-2H3/p+1/t16-/m1/s1. The molecule has 0 bridgehead atoms. The first-order valence-corrected chi connectivity index (χ1v) is 8.06. The van der Waals surface area contributed by atoms with Crippen LogP contribution in [-0.4, -0.2) is 68.5 Å². The predicted molar refractivity (Wildman–Crippen MR) is 86.5 cm³/mol. The molecule has 0 unspecified atom stereocenters. The fourth-order valence-corrected chi connectivity index (χ4v) is 2.77. The van der Waals surface area contributed by atoms with Crippen molar-refractivity contribution in [2.24, 2.45) is 0 Å². The van der Waals surface area contributed by atoms with Gasteiger partial charge >= 0.3 is 0 Å². The van der Waals surface area contributed by atoms with Gasteiger partial charge in [-0.2, -0.15) is 0 Å². The second kappa shape index (κ2) is 8.86. The zero-order chi connectivity index (χ0) is 16.7. The second-order valence-electron chi connectivity index (χ2n) is 5.98. The summed E-state index contributed by atoms with van der Waals surface area (Å²) in [4.78, 5) is 14.5. The van der Waals surface area contributed by atoms with E-state index in [1.165, 1.54) is 4.90 Å². The van der Waals surface area contributed by atoms with Crippen LogP contribution < -0.4 is 9.64 Å². The van der Waals surface area contributed by atoms with Crippen molar-refractivity contribution in [3.8, 4) is 5.75 Å². The predicted octanol–water partition coefficient (Wildman–Crippen LogP) is -0.680. The zero-order valence-electron chi connectivity index (χ0n) is 14.0. The Morgan fingerprint density at radius 1 is 1.30 bits per heavy atom. The lowest BCUT2D eigenvalue weighted by Gasteiger charge is -2.32. The Labute approximate surface area is 137 Å². The number of aliphatic hydroxyl groups is 1. The van der Waals surface area contributed by atoms with Gasteiger partial charge in [-0.3, -0.25) is 4.79 Å². The summed E-state index contributed by atoms with van der Waals surface area (Å²) in [6.45, 7) is 6.38. The Kier molecular flexibility index (Phi) is 6.83. The lowest BCUT2D eigenvalue weighted by atomic mass is 10.2. The van der Waals surface area contributed by atoms with Gasteiger partial charge in [-0.1, -0.05) is 12.1 Å². The number of amides is 1. The molecule has 1 atom stereocenters. The van der Waals surface area contributed by atoms with Gasteiger partial charge in [0.2, 0.25) is 5.91 Å². The fraction of sp³-hybridized carbons (Fsp3) is 0.588. The highest BCUT2D eigenvalue weighted by atomic mass is 16.5. The minimum atomic E-state index is -0.480. The van der Waals surface area contributed by atoms with Crippen molar-refractivity contribution >= 4 is 5.91 Å². The number of nitrogens with zero attached hydrogens (tertiary/aromatic N) is 1. The average Bonchev–Trinajstić information content (AvgIpc) is 2.56. The van der Waals surface area contributed by atoms with Crippen LogP contribution in [0.25, 0.3) is 0 Å². The summed E-state index contributed by atoms with van der Waals surface area (Å²) >= 11 is 0. The summed E-state index contributed by atoms with van der Waals surface area (Å²) in [5, 5.41) is 10.1. The van der Waals surface area contributed by atoms with Crippen molar-refractivity contribution in [3.63, 3.8) is 0 Å². The molecule has 1 aliphatic heterocycles. The molecule has 6 heteroatoms. The lowest BCUT2D eigenvalue weighted by molar-refractivity contribution is -0.907. The third kappa shape index (κ3) is 5.82. The summed E-state index contributed by atoms with van der Waals surface area (Å²) in [6, 6.07) is 7.70. The number of piperazine rings is 1. The number of carbonyl (C=O) groups excluding carboxylic acids is 1. The summed E-state index contributed by atoms with van der Waals surface area (Å²) in [5.74, 6) is 0.953. The van der Waals surface area contributed by atoms with E-state index >= 15 is 0 Å². The van der Waals surface area contributed by atoms with Gasteiger partial charge in [0.15, 0.2) is 0 Å². The van der Waals surface area contributed by atoms with Crippen LogP contribution in [0.2, 0.25) is 0 Å². The van der Waals surface area contributed by atoms with Crippen LogP contribution in [0.3, 0.4) is 0 Å². The second-order valence-corrected chi connectivity index (χ2v) is 5.98. The molecule has 1 amide bonds. The molecule has 1 heterocycles. The minimum absolute atomic E-state index is 0.132. The van der Waals surface area contributed by atoms with Crippen LogP contribution in [-0.2, 0) is 16.1 Å². The molecule has 2 rings (SSSR count). The number of methoxy groups -OCH3 is 1. The Hall–Kier alpha value is -1.63. The molecule has 6 nitrogen and oxygen atoms in total. The van der Waals surface area contributed by atoms with Crippen LogP contribution in [0.1, 0.15) is 12.5 Å². The van der Waals surface area contributed by atoms with Crippen molar-refractivity contribution in [1.29, 1.82) is 0 Å². The van der Waals surface area contributed by atoms with E-state index in [9.17, 15) is 9.90 Å². The summed E-state index contributed by atoms with van der Waals surface area (Å²) in [5.41, 5.74) is 1.06. The number of quaternary nitrogens is 1. The van der Waals surface area contributed by atoms with E-state index in [1.54, 1.807) is 14.0 Å². The molecule has 1 aliphatic rings. The molecule has 0 saturated carbocycles. The molecule has 1 aromatic rings. The summed E-state index contributed by atoms with van der Waals surface area (Å²) in [7, 11) is 1.64. The number of hydrogen-bond acceptors (Lipinski definition) is 4. The molecule has 0 spiro atoms. The molecule has 1 saturated heterocycles.